The first kappa shape index (κ1) is 13.8. The van der Waals surface area contributed by atoms with Gasteiger partial charge in [-0.05, 0) is 49.6 Å². The van der Waals surface area contributed by atoms with Crippen molar-refractivity contribution in [2.24, 2.45) is 0 Å². The van der Waals surface area contributed by atoms with Crippen molar-refractivity contribution in [3.8, 4) is 0 Å². The van der Waals surface area contributed by atoms with Gasteiger partial charge in [-0.3, -0.25) is 4.90 Å². The average molecular weight is 335 g/mol. The van der Waals surface area contributed by atoms with Gasteiger partial charge in [0.2, 0.25) is 0 Å². The number of halogens is 1. The van der Waals surface area contributed by atoms with Crippen LogP contribution < -0.4 is 0 Å². The Morgan fingerprint density at radius 1 is 1.35 bits per heavy atom. The van der Waals surface area contributed by atoms with Gasteiger partial charge in [-0.2, -0.15) is 0 Å². The number of nitrogens with zero attached hydrogens (tertiary/aromatic N) is 4. The highest BCUT2D eigenvalue weighted by atomic mass is 79.9. The molecule has 1 aromatic carbocycles. The lowest BCUT2D eigenvalue weighted by molar-refractivity contribution is 0.213. The number of likely N-dealkylation sites (N-methyl/N-ethyl adjacent to an activating group) is 1. The molecule has 4 nitrogen and oxygen atoms in total. The molecule has 0 aliphatic heterocycles. The lowest BCUT2D eigenvalue weighted by Crippen LogP contribution is -2.30. The molecule has 3 rings (SSSR count). The molecule has 0 N–H and O–H groups in total. The quantitative estimate of drug-likeness (QED) is 0.861. The van der Waals surface area contributed by atoms with E-state index in [1.807, 2.05) is 4.57 Å². The highest BCUT2D eigenvalue weighted by Gasteiger charge is 2.23. The highest BCUT2D eigenvalue weighted by molar-refractivity contribution is 9.10. The fourth-order valence-electron chi connectivity index (χ4n) is 2.97. The van der Waals surface area contributed by atoms with Crippen molar-refractivity contribution in [3.63, 3.8) is 0 Å². The van der Waals surface area contributed by atoms with Crippen molar-refractivity contribution in [1.82, 2.24) is 19.7 Å². The molecule has 1 aromatic heterocycles. The molecule has 1 aliphatic rings. The van der Waals surface area contributed by atoms with Gasteiger partial charge in [0.05, 0.1) is 0 Å². The van der Waals surface area contributed by atoms with Crippen LogP contribution in [-0.4, -0.2) is 33.3 Å². The van der Waals surface area contributed by atoms with Crippen LogP contribution in [0.1, 0.15) is 30.0 Å². The molecule has 0 radical (unpaired) electrons. The van der Waals surface area contributed by atoms with Gasteiger partial charge in [0, 0.05) is 23.6 Å². The Labute approximate surface area is 127 Å². The maximum atomic E-state index is 3.85. The predicted molar refractivity (Wildman–Crippen MR) is 82.5 cm³/mol. The third-order valence-electron chi connectivity index (χ3n) is 4.10. The average Bonchev–Trinajstić information content (AvgIpc) is 2.97. The van der Waals surface area contributed by atoms with Crippen molar-refractivity contribution >= 4 is 15.9 Å². The number of aryl methyl sites for hydroxylation is 1. The van der Waals surface area contributed by atoms with Crippen LogP contribution in [0.3, 0.4) is 0 Å². The first-order valence-electron chi connectivity index (χ1n) is 7.05. The Kier molecular flexibility index (Phi) is 4.17. The van der Waals surface area contributed by atoms with Gasteiger partial charge in [-0.1, -0.05) is 22.0 Å². The predicted octanol–water partition coefficient (Wildman–Crippen LogP) is 3.05. The summed E-state index contributed by atoms with van der Waals surface area (Å²) in [6.45, 7) is 1.94. The van der Waals surface area contributed by atoms with E-state index in [1.54, 1.807) is 12.7 Å². The highest BCUT2D eigenvalue weighted by Crippen LogP contribution is 2.35. The summed E-state index contributed by atoms with van der Waals surface area (Å²) in [6.07, 6.45) is 7.27. The van der Waals surface area contributed by atoms with E-state index in [0.717, 1.165) is 13.1 Å². The second-order valence-electron chi connectivity index (χ2n) is 5.43. The van der Waals surface area contributed by atoms with E-state index >= 15 is 0 Å². The van der Waals surface area contributed by atoms with Gasteiger partial charge < -0.3 is 4.57 Å². The fourth-order valence-corrected chi connectivity index (χ4v) is 3.35. The number of hydrogen-bond acceptors (Lipinski definition) is 3. The normalized spacial score (nSPS) is 18.2. The molecule has 1 heterocycles. The number of hydrogen-bond donors (Lipinski definition) is 0. The summed E-state index contributed by atoms with van der Waals surface area (Å²) in [7, 11) is 2.21. The minimum Gasteiger partial charge on any atom is -0.319 e. The van der Waals surface area contributed by atoms with Crippen LogP contribution in [0.15, 0.2) is 35.3 Å². The van der Waals surface area contributed by atoms with E-state index in [2.05, 4.69) is 56.3 Å². The van der Waals surface area contributed by atoms with Gasteiger partial charge in [0.25, 0.3) is 0 Å². The smallest absolute Gasteiger partial charge is 0.119 e. The Hall–Kier alpha value is -1.20. The molecule has 106 valence electrons. The third-order valence-corrected chi connectivity index (χ3v) is 4.59. The fraction of sp³-hybridized carbons (Fsp3) is 0.467. The van der Waals surface area contributed by atoms with Crippen LogP contribution in [0.5, 0.6) is 0 Å². The zero-order valence-corrected chi connectivity index (χ0v) is 13.3. The largest absolute Gasteiger partial charge is 0.319 e. The summed E-state index contributed by atoms with van der Waals surface area (Å²) in [5.41, 5.74) is 2.98. The van der Waals surface area contributed by atoms with Crippen LogP contribution >= 0.6 is 15.9 Å². The van der Waals surface area contributed by atoms with Crippen molar-refractivity contribution < 1.29 is 0 Å². The van der Waals surface area contributed by atoms with Crippen molar-refractivity contribution in [1.29, 1.82) is 0 Å². The zero-order valence-electron chi connectivity index (χ0n) is 11.7. The standard InChI is InChI=1S/C15H19BrN4/c1-19(7-8-20-10-17-18-11-20)15-4-2-3-12-5-6-13(16)9-14(12)15/h5-6,9-11,15H,2-4,7-8H2,1H3. The SMILES string of the molecule is CN(CCn1cnnc1)C1CCCc2ccc(Br)cc21. The van der Waals surface area contributed by atoms with Crippen LogP contribution in [0.4, 0.5) is 0 Å². The van der Waals surface area contributed by atoms with Crippen LogP contribution in [-0.2, 0) is 13.0 Å². The molecule has 0 fully saturated rings. The Balaban J connectivity index is 1.72. The van der Waals surface area contributed by atoms with Gasteiger partial charge >= 0.3 is 0 Å². The molecule has 1 atom stereocenters. The first-order chi connectivity index (χ1) is 9.74. The van der Waals surface area contributed by atoms with Crippen molar-refractivity contribution in [2.45, 2.75) is 31.8 Å². The second kappa shape index (κ2) is 6.06. The Bertz CT molecular complexity index is 567. The zero-order chi connectivity index (χ0) is 13.9. The van der Waals surface area contributed by atoms with Crippen molar-refractivity contribution in [2.75, 3.05) is 13.6 Å². The van der Waals surface area contributed by atoms with Gasteiger partial charge in [0.15, 0.2) is 0 Å². The number of benzene rings is 1. The van der Waals surface area contributed by atoms with E-state index < -0.39 is 0 Å². The van der Waals surface area contributed by atoms with E-state index in [9.17, 15) is 0 Å². The molecular formula is C15H19BrN4. The molecule has 20 heavy (non-hydrogen) atoms. The number of rotatable bonds is 4. The van der Waals surface area contributed by atoms with E-state index in [-0.39, 0.29) is 0 Å². The summed E-state index contributed by atoms with van der Waals surface area (Å²) >= 11 is 3.60. The lowest BCUT2D eigenvalue weighted by atomic mass is 9.87. The number of aromatic nitrogens is 3. The molecule has 0 bridgehead atoms. The third kappa shape index (κ3) is 2.94. The van der Waals surface area contributed by atoms with Gasteiger partial charge in [-0.25, -0.2) is 0 Å². The molecule has 1 aliphatic carbocycles. The van der Waals surface area contributed by atoms with E-state index in [0.29, 0.717) is 6.04 Å². The molecule has 2 aromatic rings. The number of fused-ring (bicyclic) bond motifs is 1. The maximum Gasteiger partial charge on any atom is 0.119 e. The topological polar surface area (TPSA) is 34.0 Å². The summed E-state index contributed by atoms with van der Waals surface area (Å²) < 4.78 is 3.21. The van der Waals surface area contributed by atoms with Crippen LogP contribution in [0, 0.1) is 0 Å². The van der Waals surface area contributed by atoms with Crippen molar-refractivity contribution in [3.05, 3.63) is 46.5 Å². The molecule has 0 saturated carbocycles. The molecule has 0 spiro atoms. The second-order valence-corrected chi connectivity index (χ2v) is 6.35. The Morgan fingerprint density at radius 2 is 2.15 bits per heavy atom. The van der Waals surface area contributed by atoms with Gasteiger partial charge in [-0.15, -0.1) is 10.2 Å². The maximum absolute atomic E-state index is 3.85. The minimum absolute atomic E-state index is 0.521. The molecule has 1 unspecified atom stereocenters. The van der Waals surface area contributed by atoms with Crippen LogP contribution in [0.25, 0.3) is 0 Å². The summed E-state index contributed by atoms with van der Waals surface area (Å²) in [5, 5.41) is 7.70. The Morgan fingerprint density at radius 3 is 2.95 bits per heavy atom. The summed E-state index contributed by atoms with van der Waals surface area (Å²) in [4.78, 5) is 2.45. The molecular weight excluding hydrogens is 316 g/mol. The lowest BCUT2D eigenvalue weighted by Gasteiger charge is -2.33. The molecule has 0 saturated heterocycles. The molecule has 5 heteroatoms. The monoisotopic (exact) mass is 334 g/mol. The van der Waals surface area contributed by atoms with E-state index in [1.165, 1.54) is 34.9 Å². The van der Waals surface area contributed by atoms with Crippen LogP contribution in [0.2, 0.25) is 0 Å². The summed E-state index contributed by atoms with van der Waals surface area (Å²) in [6, 6.07) is 7.22. The first-order valence-corrected chi connectivity index (χ1v) is 7.84. The van der Waals surface area contributed by atoms with E-state index in [4.69, 9.17) is 0 Å². The van der Waals surface area contributed by atoms with Gasteiger partial charge in [0.1, 0.15) is 12.7 Å². The minimum atomic E-state index is 0.521. The molecule has 0 amide bonds. The summed E-state index contributed by atoms with van der Waals surface area (Å²) in [5.74, 6) is 0.